The first-order chi connectivity index (χ1) is 14.1. The first-order valence-corrected chi connectivity index (χ1v) is 8.96. The number of fused-ring (bicyclic) bond motifs is 1. The molecule has 2 aromatic carbocycles. The number of carbonyl (C=O) groups excluding carboxylic acids is 1. The van der Waals surface area contributed by atoms with Gasteiger partial charge in [-0.1, -0.05) is 5.10 Å². The Kier molecular flexibility index (Phi) is 5.03. The monoisotopic (exact) mass is 398 g/mol. The van der Waals surface area contributed by atoms with Crippen LogP contribution in [0.3, 0.4) is 0 Å². The van der Waals surface area contributed by atoms with Gasteiger partial charge in [0.1, 0.15) is 5.82 Å². The van der Waals surface area contributed by atoms with Crippen molar-refractivity contribution in [2.45, 2.75) is 13.0 Å². The molecular formula is C20H19FN4O4. The Bertz CT molecular complexity index is 1040. The number of amides is 2. The van der Waals surface area contributed by atoms with Crippen LogP contribution in [0.4, 0.5) is 15.2 Å². The van der Waals surface area contributed by atoms with Crippen LogP contribution in [0.2, 0.25) is 0 Å². The molecule has 29 heavy (non-hydrogen) atoms. The Hall–Kier alpha value is -3.62. The van der Waals surface area contributed by atoms with Gasteiger partial charge in [-0.15, -0.1) is 5.10 Å². The summed E-state index contributed by atoms with van der Waals surface area (Å²) >= 11 is 0. The molecule has 0 unspecified atom stereocenters. The van der Waals surface area contributed by atoms with Crippen LogP contribution >= 0.6 is 0 Å². The zero-order valence-corrected chi connectivity index (χ0v) is 15.9. The summed E-state index contributed by atoms with van der Waals surface area (Å²) in [4.78, 5) is 14.3. The van der Waals surface area contributed by atoms with Crippen molar-refractivity contribution >= 4 is 12.0 Å². The molecule has 1 N–H and O–H groups in total. The number of carbonyl (C=O) groups is 1. The van der Waals surface area contributed by atoms with E-state index in [1.807, 2.05) is 12.1 Å². The number of methoxy groups -OCH3 is 2. The summed E-state index contributed by atoms with van der Waals surface area (Å²) in [5, 5.41) is 10.3. The van der Waals surface area contributed by atoms with Gasteiger partial charge in [-0.2, -0.15) is 0 Å². The predicted molar refractivity (Wildman–Crippen MR) is 102 cm³/mol. The standard InChI is InChI=1S/C20H19FN4O4/c1-27-16-9-13-7-8-25(11-14(13)10-17(16)28-2)20(26)22-19-24-23-18(29-19)12-3-5-15(21)6-4-12/h3-6,9-10H,7-8,11H2,1-2H3,(H,22,24,26). The number of nitrogens with zero attached hydrogens (tertiary/aromatic N) is 3. The number of rotatable bonds is 4. The molecule has 0 aliphatic carbocycles. The minimum Gasteiger partial charge on any atom is -0.493 e. The topological polar surface area (TPSA) is 89.7 Å². The van der Waals surface area contributed by atoms with Gasteiger partial charge in [0.2, 0.25) is 5.89 Å². The number of hydrogen-bond acceptors (Lipinski definition) is 6. The van der Waals surface area contributed by atoms with Crippen LogP contribution in [0.15, 0.2) is 40.8 Å². The second kappa shape index (κ2) is 7.78. The molecule has 0 atom stereocenters. The summed E-state index contributed by atoms with van der Waals surface area (Å²) in [5.74, 6) is 1.13. The van der Waals surface area contributed by atoms with Crippen molar-refractivity contribution in [3.63, 3.8) is 0 Å². The average Bonchev–Trinajstić information content (AvgIpc) is 3.21. The molecule has 150 valence electrons. The normalized spacial score (nSPS) is 13.0. The van der Waals surface area contributed by atoms with E-state index in [1.54, 1.807) is 19.1 Å². The van der Waals surface area contributed by atoms with Crippen molar-refractivity contribution in [3.05, 3.63) is 53.3 Å². The van der Waals surface area contributed by atoms with Crippen LogP contribution in [0.25, 0.3) is 11.5 Å². The van der Waals surface area contributed by atoms with Crippen LogP contribution in [0, 0.1) is 5.82 Å². The van der Waals surface area contributed by atoms with Gasteiger partial charge in [-0.25, -0.2) is 9.18 Å². The van der Waals surface area contributed by atoms with Crippen molar-refractivity contribution in [1.29, 1.82) is 0 Å². The first-order valence-electron chi connectivity index (χ1n) is 8.96. The molecule has 0 radical (unpaired) electrons. The van der Waals surface area contributed by atoms with Gasteiger partial charge in [0, 0.05) is 18.7 Å². The number of anilines is 1. The third kappa shape index (κ3) is 3.84. The Morgan fingerprint density at radius 2 is 1.79 bits per heavy atom. The molecule has 0 spiro atoms. The summed E-state index contributed by atoms with van der Waals surface area (Å²) < 4.78 is 29.2. The number of urea groups is 1. The van der Waals surface area contributed by atoms with Crippen molar-refractivity contribution in [1.82, 2.24) is 15.1 Å². The number of nitrogens with one attached hydrogen (secondary N) is 1. The molecule has 2 heterocycles. The Balaban J connectivity index is 1.45. The van der Waals surface area contributed by atoms with E-state index in [4.69, 9.17) is 13.9 Å². The highest BCUT2D eigenvalue weighted by Crippen LogP contribution is 2.33. The molecule has 8 nitrogen and oxygen atoms in total. The molecule has 1 aromatic heterocycles. The largest absolute Gasteiger partial charge is 0.493 e. The van der Waals surface area contributed by atoms with E-state index >= 15 is 0 Å². The molecule has 3 aromatic rings. The van der Waals surface area contributed by atoms with Gasteiger partial charge in [0.05, 0.1) is 14.2 Å². The lowest BCUT2D eigenvalue weighted by Gasteiger charge is -2.29. The Labute approximate surface area is 166 Å². The highest BCUT2D eigenvalue weighted by molar-refractivity contribution is 5.87. The predicted octanol–water partition coefficient (Wildman–Crippen LogP) is 3.48. The number of halogens is 1. The average molecular weight is 398 g/mol. The van der Waals surface area contributed by atoms with Crippen LogP contribution in [0.5, 0.6) is 11.5 Å². The SMILES string of the molecule is COc1cc2c(cc1OC)CN(C(=O)Nc1nnc(-c3ccc(F)cc3)o1)CC2. The molecule has 9 heteroatoms. The quantitative estimate of drug-likeness (QED) is 0.724. The molecular weight excluding hydrogens is 379 g/mol. The maximum absolute atomic E-state index is 13.0. The number of benzene rings is 2. The lowest BCUT2D eigenvalue weighted by molar-refractivity contribution is 0.205. The fraction of sp³-hybridized carbons (Fsp3) is 0.250. The van der Waals surface area contributed by atoms with E-state index in [9.17, 15) is 9.18 Å². The molecule has 0 saturated heterocycles. The fourth-order valence-electron chi connectivity index (χ4n) is 3.21. The Morgan fingerprint density at radius 3 is 2.48 bits per heavy atom. The van der Waals surface area contributed by atoms with E-state index < -0.39 is 0 Å². The molecule has 0 fully saturated rings. The zero-order chi connectivity index (χ0) is 20.4. The van der Waals surface area contributed by atoms with Crippen molar-refractivity contribution in [3.8, 4) is 23.0 Å². The van der Waals surface area contributed by atoms with E-state index in [1.165, 1.54) is 24.3 Å². The second-order valence-corrected chi connectivity index (χ2v) is 6.50. The third-order valence-electron chi connectivity index (χ3n) is 4.74. The number of hydrogen-bond donors (Lipinski definition) is 1. The van der Waals surface area contributed by atoms with Gasteiger partial charge in [-0.05, 0) is 53.9 Å². The summed E-state index contributed by atoms with van der Waals surface area (Å²) in [6, 6.07) is 9.10. The minimum atomic E-state index is -0.360. The lowest BCUT2D eigenvalue weighted by atomic mass is 9.99. The van der Waals surface area contributed by atoms with E-state index in [2.05, 4.69) is 15.5 Å². The van der Waals surface area contributed by atoms with E-state index in [-0.39, 0.29) is 23.8 Å². The fourth-order valence-corrected chi connectivity index (χ4v) is 3.21. The molecule has 1 aliphatic heterocycles. The highest BCUT2D eigenvalue weighted by Gasteiger charge is 2.24. The van der Waals surface area contributed by atoms with Crippen molar-refractivity contribution in [2.75, 3.05) is 26.1 Å². The van der Waals surface area contributed by atoms with Crippen LogP contribution in [-0.2, 0) is 13.0 Å². The van der Waals surface area contributed by atoms with Crippen molar-refractivity contribution < 1.29 is 23.1 Å². The van der Waals surface area contributed by atoms with Crippen LogP contribution < -0.4 is 14.8 Å². The molecule has 0 bridgehead atoms. The van der Waals surface area contributed by atoms with Crippen LogP contribution in [-0.4, -0.2) is 41.9 Å². The maximum Gasteiger partial charge on any atom is 0.325 e. The highest BCUT2D eigenvalue weighted by atomic mass is 19.1. The molecule has 1 aliphatic rings. The minimum absolute atomic E-state index is 0.0209. The lowest BCUT2D eigenvalue weighted by Crippen LogP contribution is -2.39. The molecule has 2 amide bonds. The van der Waals surface area contributed by atoms with Gasteiger partial charge < -0.3 is 18.8 Å². The summed E-state index contributed by atoms with van der Waals surface area (Å²) in [6.45, 7) is 0.952. The molecule has 4 rings (SSSR count). The molecule has 0 saturated carbocycles. The van der Waals surface area contributed by atoms with Gasteiger partial charge in [0.25, 0.3) is 0 Å². The first kappa shape index (κ1) is 18.7. The van der Waals surface area contributed by atoms with E-state index in [0.717, 1.165) is 11.1 Å². The van der Waals surface area contributed by atoms with Gasteiger partial charge in [0.15, 0.2) is 11.5 Å². The van der Waals surface area contributed by atoms with E-state index in [0.29, 0.717) is 36.6 Å². The van der Waals surface area contributed by atoms with Gasteiger partial charge in [-0.3, -0.25) is 5.32 Å². The van der Waals surface area contributed by atoms with Crippen molar-refractivity contribution in [2.24, 2.45) is 0 Å². The van der Waals surface area contributed by atoms with Crippen LogP contribution in [0.1, 0.15) is 11.1 Å². The summed E-state index contributed by atoms with van der Waals surface area (Å²) in [7, 11) is 3.17. The number of aromatic nitrogens is 2. The van der Waals surface area contributed by atoms with Gasteiger partial charge >= 0.3 is 12.0 Å². The smallest absolute Gasteiger partial charge is 0.325 e. The third-order valence-corrected chi connectivity index (χ3v) is 4.74. The maximum atomic E-state index is 13.0. The number of ether oxygens (including phenoxy) is 2. The Morgan fingerprint density at radius 1 is 1.10 bits per heavy atom. The summed E-state index contributed by atoms with van der Waals surface area (Å²) in [5.41, 5.74) is 2.66. The second-order valence-electron chi connectivity index (χ2n) is 6.50. The zero-order valence-electron chi connectivity index (χ0n) is 15.9. The summed E-state index contributed by atoms with van der Waals surface area (Å²) in [6.07, 6.45) is 0.688.